The van der Waals surface area contributed by atoms with Crippen LogP contribution in [0.2, 0.25) is 23.2 Å². The van der Waals surface area contributed by atoms with E-state index in [1.807, 2.05) is 0 Å². The van der Waals surface area contributed by atoms with Gasteiger partial charge in [-0.1, -0.05) is 110 Å². The van der Waals surface area contributed by atoms with Gasteiger partial charge in [0.15, 0.2) is 0 Å². The largest absolute Gasteiger partial charge is 0.323 e. The second-order valence-corrected chi connectivity index (χ2v) is 19.3. The molecule has 0 aromatic heterocycles. The van der Waals surface area contributed by atoms with E-state index in [2.05, 4.69) is 117 Å². The molecule has 0 rings (SSSR count). The summed E-state index contributed by atoms with van der Waals surface area (Å²) in [7, 11) is -3.00. The van der Waals surface area contributed by atoms with E-state index in [-0.39, 0.29) is 0 Å². The van der Waals surface area contributed by atoms with E-state index in [0.717, 1.165) is 0 Å². The Balaban J connectivity index is 0. The normalized spacial score (nSPS) is 13.2. The molecule has 0 atom stereocenters. The quantitative estimate of drug-likeness (QED) is 0.224. The molecule has 0 fully saturated rings. The molecular formula is C24H60N4Si2. The summed E-state index contributed by atoms with van der Waals surface area (Å²) in [5.41, 5.74) is 1.42. The van der Waals surface area contributed by atoms with Crippen molar-refractivity contribution in [3.63, 3.8) is 0 Å². The van der Waals surface area contributed by atoms with Gasteiger partial charge in [-0.05, 0) is 47.3 Å². The molecule has 0 spiro atoms. The average molecular weight is 461 g/mol. The van der Waals surface area contributed by atoms with Crippen LogP contribution in [-0.4, -0.2) is 41.0 Å². The average Bonchev–Trinajstić information content (AvgIpc) is 2.52. The summed E-state index contributed by atoms with van der Waals surface area (Å²) < 4.78 is 0. The third-order valence-corrected chi connectivity index (χ3v) is 16.1. The minimum Gasteiger partial charge on any atom is -0.323 e. The van der Waals surface area contributed by atoms with Crippen LogP contribution in [0.4, 0.5) is 0 Å². The van der Waals surface area contributed by atoms with Gasteiger partial charge < -0.3 is 19.9 Å². The number of hydrogen-bond acceptors (Lipinski definition) is 4. The number of nitrogens with one attached hydrogen (secondary N) is 4. The lowest BCUT2D eigenvalue weighted by Gasteiger charge is -2.43. The molecule has 0 aromatic carbocycles. The van der Waals surface area contributed by atoms with Crippen molar-refractivity contribution in [3.8, 4) is 0 Å². The van der Waals surface area contributed by atoms with Crippen LogP contribution < -0.4 is 19.9 Å². The van der Waals surface area contributed by atoms with Gasteiger partial charge in [0.25, 0.3) is 0 Å². The zero-order valence-electron chi connectivity index (χ0n) is 23.3. The van der Waals surface area contributed by atoms with E-state index in [4.69, 9.17) is 0 Å². The Morgan fingerprint density at radius 2 is 0.733 bits per heavy atom. The molecule has 6 heteroatoms. The summed E-state index contributed by atoms with van der Waals surface area (Å²) in [4.78, 5) is 15.4. The fourth-order valence-electron chi connectivity index (χ4n) is 4.74. The fourth-order valence-corrected chi connectivity index (χ4v) is 14.2. The van der Waals surface area contributed by atoms with Gasteiger partial charge in [0, 0.05) is 0 Å². The Morgan fingerprint density at radius 1 is 0.467 bits per heavy atom. The Labute approximate surface area is 193 Å². The maximum absolute atomic E-state index is 3.85. The first-order valence-corrected chi connectivity index (χ1v) is 17.4. The Kier molecular flexibility index (Phi) is 17.3. The predicted molar refractivity (Wildman–Crippen MR) is 145 cm³/mol. The third-order valence-electron chi connectivity index (χ3n) is 5.36. The highest BCUT2D eigenvalue weighted by molar-refractivity contribution is 6.77. The van der Waals surface area contributed by atoms with E-state index in [1.54, 1.807) is 0 Å². The summed E-state index contributed by atoms with van der Waals surface area (Å²) in [5.74, 6) is 0. The molecule has 30 heavy (non-hydrogen) atoms. The van der Waals surface area contributed by atoms with E-state index < -0.39 is 16.8 Å². The first kappa shape index (κ1) is 32.5. The zero-order chi connectivity index (χ0) is 24.1. The van der Waals surface area contributed by atoms with Crippen LogP contribution in [0.15, 0.2) is 0 Å². The van der Waals surface area contributed by atoms with E-state index in [0.29, 0.717) is 35.2 Å². The van der Waals surface area contributed by atoms with Crippen LogP contribution in [0, 0.1) is 0 Å². The van der Waals surface area contributed by atoms with Gasteiger partial charge >= 0.3 is 0 Å². The molecule has 0 amide bonds. The highest BCUT2D eigenvalue weighted by atomic mass is 28.4. The smallest absolute Gasteiger partial charge is 0.207 e. The summed E-state index contributed by atoms with van der Waals surface area (Å²) in [5, 5.41) is 0. The van der Waals surface area contributed by atoms with Crippen molar-refractivity contribution in [2.24, 2.45) is 0 Å². The van der Waals surface area contributed by atoms with Crippen molar-refractivity contribution in [2.45, 2.75) is 157 Å². The molecule has 4 nitrogen and oxygen atoms in total. The van der Waals surface area contributed by atoms with Crippen LogP contribution >= 0.6 is 0 Å². The zero-order valence-corrected chi connectivity index (χ0v) is 25.3. The van der Waals surface area contributed by atoms with Crippen molar-refractivity contribution < 1.29 is 0 Å². The van der Waals surface area contributed by atoms with Gasteiger partial charge in [0.05, 0.1) is 0 Å². The molecule has 0 aliphatic rings. The van der Waals surface area contributed by atoms with E-state index >= 15 is 0 Å². The molecule has 0 unspecified atom stereocenters. The van der Waals surface area contributed by atoms with Crippen LogP contribution in [0.1, 0.15) is 110 Å². The second-order valence-electron chi connectivity index (χ2n) is 11.0. The minimum atomic E-state index is -1.58. The van der Waals surface area contributed by atoms with Gasteiger partial charge in [-0.3, -0.25) is 0 Å². The van der Waals surface area contributed by atoms with Crippen LogP contribution in [0.5, 0.6) is 0 Å². The topological polar surface area (TPSA) is 48.1 Å². The lowest BCUT2D eigenvalue weighted by atomic mass is 10.4. The minimum absolute atomic E-state index is 0.563. The predicted octanol–water partition coefficient (Wildman–Crippen LogP) is 6.49. The maximum Gasteiger partial charge on any atom is 0.207 e. The standard InChI is InChI=1S/2C12H30N2Si/c1-9(2)13-15(11(5)6,12(7)8)14-10(3)4;1-7-9-15(10-8-2,13-11(3)4)14-12(5)6/h9-14H,1-8H3;11-14H,7-10H2,1-6H3. The van der Waals surface area contributed by atoms with Gasteiger partial charge in [-0.15, -0.1) is 0 Å². The second kappa shape index (κ2) is 16.0. The maximum atomic E-state index is 3.85. The summed E-state index contributed by atoms with van der Waals surface area (Å²) in [6, 6.07) is 5.01. The molecule has 0 radical (unpaired) electrons. The fraction of sp³-hybridized carbons (Fsp3) is 1.00. The molecule has 0 saturated carbocycles. The van der Waals surface area contributed by atoms with Crippen molar-refractivity contribution in [1.29, 1.82) is 0 Å². The van der Waals surface area contributed by atoms with Crippen molar-refractivity contribution in [2.75, 3.05) is 0 Å². The first-order chi connectivity index (χ1) is 13.7. The van der Waals surface area contributed by atoms with E-state index in [1.165, 1.54) is 24.9 Å². The highest BCUT2D eigenvalue weighted by Crippen LogP contribution is 2.28. The third kappa shape index (κ3) is 13.0. The number of hydrogen-bond donors (Lipinski definition) is 4. The Bertz CT molecular complexity index is 372. The molecule has 0 aliphatic heterocycles. The van der Waals surface area contributed by atoms with Gasteiger partial charge in [-0.2, -0.15) is 0 Å². The summed E-state index contributed by atoms with van der Waals surface area (Å²) in [6.07, 6.45) is 2.57. The molecular weight excluding hydrogens is 400 g/mol. The SMILES string of the molecule is CC(C)N[Si](NC(C)C)(C(C)C)C(C)C.CCC[Si](CCC)(NC(C)C)NC(C)C. The molecule has 0 saturated heterocycles. The van der Waals surface area contributed by atoms with Gasteiger partial charge in [-0.25, -0.2) is 0 Å². The van der Waals surface area contributed by atoms with Crippen molar-refractivity contribution >= 4 is 16.8 Å². The molecule has 0 aromatic rings. The molecule has 0 aliphatic carbocycles. The van der Waals surface area contributed by atoms with Crippen LogP contribution in [0.25, 0.3) is 0 Å². The summed E-state index contributed by atoms with van der Waals surface area (Å²) in [6.45, 7) is 32.0. The van der Waals surface area contributed by atoms with Crippen molar-refractivity contribution in [1.82, 2.24) is 19.9 Å². The molecule has 4 N–H and O–H groups in total. The molecule has 0 bridgehead atoms. The first-order valence-electron chi connectivity index (χ1n) is 12.8. The van der Waals surface area contributed by atoms with Crippen LogP contribution in [-0.2, 0) is 0 Å². The van der Waals surface area contributed by atoms with E-state index in [9.17, 15) is 0 Å². The Hall–Kier alpha value is 0.274. The lowest BCUT2D eigenvalue weighted by Crippen LogP contribution is -2.69. The molecule has 0 heterocycles. The summed E-state index contributed by atoms with van der Waals surface area (Å²) >= 11 is 0. The van der Waals surface area contributed by atoms with Crippen molar-refractivity contribution in [3.05, 3.63) is 0 Å². The number of rotatable bonds is 14. The highest BCUT2D eigenvalue weighted by Gasteiger charge is 2.41. The van der Waals surface area contributed by atoms with Gasteiger partial charge in [0.1, 0.15) is 0 Å². The molecule has 184 valence electrons. The van der Waals surface area contributed by atoms with Gasteiger partial charge in [0.2, 0.25) is 16.8 Å². The van der Waals surface area contributed by atoms with Crippen LogP contribution in [0.3, 0.4) is 0 Å². The Morgan fingerprint density at radius 3 is 0.900 bits per heavy atom. The lowest BCUT2D eigenvalue weighted by molar-refractivity contribution is 0.611. The monoisotopic (exact) mass is 460 g/mol.